The smallest absolute Gasteiger partial charge is 0.0361 e. The fraction of sp³-hybridized carbons (Fsp3) is 0.667. The van der Waals surface area contributed by atoms with Gasteiger partial charge < -0.3 is 9.88 Å². The van der Waals surface area contributed by atoms with E-state index in [2.05, 4.69) is 55.9 Å². The molecule has 0 spiro atoms. The first-order valence-electron chi connectivity index (χ1n) is 5.52. The molecule has 2 heteroatoms. The Morgan fingerprint density at radius 3 is 2.64 bits per heavy atom. The van der Waals surface area contributed by atoms with Crippen LogP contribution in [0.4, 0.5) is 0 Å². The van der Waals surface area contributed by atoms with Crippen LogP contribution in [-0.4, -0.2) is 10.6 Å². The fourth-order valence-electron chi connectivity index (χ4n) is 1.42. The number of hydrogen-bond donors (Lipinski definition) is 1. The van der Waals surface area contributed by atoms with Crippen molar-refractivity contribution in [1.29, 1.82) is 0 Å². The molecule has 0 aliphatic carbocycles. The molecule has 2 nitrogen and oxygen atoms in total. The molecular weight excluding hydrogens is 172 g/mol. The van der Waals surface area contributed by atoms with Gasteiger partial charge in [0.25, 0.3) is 0 Å². The fourth-order valence-corrected chi connectivity index (χ4v) is 1.42. The SMILES string of the molecule is CCn1cccc1CNC(C)C(C)C. The van der Waals surface area contributed by atoms with Crippen molar-refractivity contribution in [2.24, 2.45) is 5.92 Å². The highest BCUT2D eigenvalue weighted by molar-refractivity contribution is 5.06. The van der Waals surface area contributed by atoms with E-state index in [1.165, 1.54) is 5.69 Å². The van der Waals surface area contributed by atoms with Crippen molar-refractivity contribution in [3.05, 3.63) is 24.0 Å². The summed E-state index contributed by atoms with van der Waals surface area (Å²) in [5.74, 6) is 0.694. The summed E-state index contributed by atoms with van der Waals surface area (Å²) in [5.41, 5.74) is 1.38. The van der Waals surface area contributed by atoms with Gasteiger partial charge in [0.15, 0.2) is 0 Å². The van der Waals surface area contributed by atoms with Gasteiger partial charge in [-0.25, -0.2) is 0 Å². The Hall–Kier alpha value is -0.760. The van der Waals surface area contributed by atoms with E-state index in [4.69, 9.17) is 0 Å². The van der Waals surface area contributed by atoms with Crippen LogP contribution in [0, 0.1) is 5.92 Å². The van der Waals surface area contributed by atoms with E-state index in [0.717, 1.165) is 13.1 Å². The zero-order valence-corrected chi connectivity index (χ0v) is 9.75. The Morgan fingerprint density at radius 1 is 1.36 bits per heavy atom. The third-order valence-electron chi connectivity index (χ3n) is 2.87. The molecule has 14 heavy (non-hydrogen) atoms. The Labute approximate surface area is 87.3 Å². The Balaban J connectivity index is 2.45. The summed E-state index contributed by atoms with van der Waals surface area (Å²) in [6, 6.07) is 4.87. The maximum absolute atomic E-state index is 3.54. The number of aromatic nitrogens is 1. The molecule has 1 aromatic heterocycles. The summed E-state index contributed by atoms with van der Waals surface area (Å²) < 4.78 is 2.28. The van der Waals surface area contributed by atoms with Gasteiger partial charge in [0.05, 0.1) is 0 Å². The van der Waals surface area contributed by atoms with Crippen LogP contribution >= 0.6 is 0 Å². The van der Waals surface area contributed by atoms with E-state index >= 15 is 0 Å². The molecule has 1 unspecified atom stereocenters. The van der Waals surface area contributed by atoms with Crippen LogP contribution in [0.2, 0.25) is 0 Å². The summed E-state index contributed by atoms with van der Waals surface area (Å²) >= 11 is 0. The minimum absolute atomic E-state index is 0.579. The van der Waals surface area contributed by atoms with Crippen molar-refractivity contribution in [2.75, 3.05) is 0 Å². The second kappa shape index (κ2) is 5.20. The predicted octanol–water partition coefficient (Wildman–Crippen LogP) is 2.64. The number of aryl methyl sites for hydroxylation is 1. The number of rotatable bonds is 5. The van der Waals surface area contributed by atoms with E-state index in [9.17, 15) is 0 Å². The van der Waals surface area contributed by atoms with Gasteiger partial charge in [0.2, 0.25) is 0 Å². The van der Waals surface area contributed by atoms with Crippen LogP contribution in [0.1, 0.15) is 33.4 Å². The van der Waals surface area contributed by atoms with E-state index in [1.807, 2.05) is 0 Å². The largest absolute Gasteiger partial charge is 0.351 e. The molecule has 1 rings (SSSR count). The molecule has 1 heterocycles. The van der Waals surface area contributed by atoms with Gasteiger partial charge in [-0.05, 0) is 31.9 Å². The van der Waals surface area contributed by atoms with Gasteiger partial charge in [-0.15, -0.1) is 0 Å². The molecule has 1 aromatic rings. The number of hydrogen-bond acceptors (Lipinski definition) is 1. The molecule has 0 aliphatic heterocycles. The molecule has 80 valence electrons. The number of nitrogens with one attached hydrogen (secondary N) is 1. The Kier molecular flexibility index (Phi) is 4.21. The molecule has 0 radical (unpaired) electrons. The first-order chi connectivity index (χ1) is 6.65. The summed E-state index contributed by atoms with van der Waals surface area (Å²) in [5, 5.41) is 3.54. The summed E-state index contributed by atoms with van der Waals surface area (Å²) in [4.78, 5) is 0. The quantitative estimate of drug-likeness (QED) is 0.762. The van der Waals surface area contributed by atoms with E-state index in [-0.39, 0.29) is 0 Å². The van der Waals surface area contributed by atoms with Crippen molar-refractivity contribution in [3.8, 4) is 0 Å². The second-order valence-corrected chi connectivity index (χ2v) is 4.20. The first-order valence-corrected chi connectivity index (χ1v) is 5.52. The average Bonchev–Trinajstić information content (AvgIpc) is 2.60. The average molecular weight is 194 g/mol. The first kappa shape index (κ1) is 11.3. The maximum Gasteiger partial charge on any atom is 0.0361 e. The lowest BCUT2D eigenvalue weighted by Crippen LogP contribution is -2.30. The van der Waals surface area contributed by atoms with Gasteiger partial charge in [-0.1, -0.05) is 13.8 Å². The molecule has 0 bridgehead atoms. The molecule has 0 aliphatic rings. The zero-order valence-electron chi connectivity index (χ0n) is 9.75. The third kappa shape index (κ3) is 2.88. The van der Waals surface area contributed by atoms with E-state index in [0.29, 0.717) is 12.0 Å². The van der Waals surface area contributed by atoms with Crippen LogP contribution < -0.4 is 5.32 Å². The van der Waals surface area contributed by atoms with Gasteiger partial charge in [-0.3, -0.25) is 0 Å². The molecule has 0 amide bonds. The van der Waals surface area contributed by atoms with E-state index in [1.54, 1.807) is 0 Å². The molecule has 1 atom stereocenters. The third-order valence-corrected chi connectivity index (χ3v) is 2.87. The normalized spacial score (nSPS) is 13.5. The standard InChI is InChI=1S/C12H22N2/c1-5-14-8-6-7-12(14)9-13-11(4)10(2)3/h6-8,10-11,13H,5,9H2,1-4H3. The van der Waals surface area contributed by atoms with Gasteiger partial charge in [-0.2, -0.15) is 0 Å². The zero-order chi connectivity index (χ0) is 10.6. The summed E-state index contributed by atoms with van der Waals surface area (Å²) in [7, 11) is 0. The molecule has 0 aromatic carbocycles. The lowest BCUT2D eigenvalue weighted by atomic mass is 10.1. The Morgan fingerprint density at radius 2 is 2.07 bits per heavy atom. The summed E-state index contributed by atoms with van der Waals surface area (Å²) in [6.07, 6.45) is 2.14. The molecular formula is C12H22N2. The highest BCUT2D eigenvalue weighted by atomic mass is 15.0. The van der Waals surface area contributed by atoms with Crippen LogP contribution in [0.5, 0.6) is 0 Å². The lowest BCUT2D eigenvalue weighted by molar-refractivity contribution is 0.420. The molecule has 0 saturated heterocycles. The molecule has 0 fully saturated rings. The van der Waals surface area contributed by atoms with Crippen molar-refractivity contribution in [3.63, 3.8) is 0 Å². The lowest BCUT2D eigenvalue weighted by Gasteiger charge is -2.18. The minimum atomic E-state index is 0.579. The van der Waals surface area contributed by atoms with Gasteiger partial charge >= 0.3 is 0 Å². The number of nitrogens with zero attached hydrogens (tertiary/aromatic N) is 1. The second-order valence-electron chi connectivity index (χ2n) is 4.20. The monoisotopic (exact) mass is 194 g/mol. The van der Waals surface area contributed by atoms with Crippen LogP contribution in [0.3, 0.4) is 0 Å². The predicted molar refractivity (Wildman–Crippen MR) is 61.2 cm³/mol. The highest BCUT2D eigenvalue weighted by Crippen LogP contribution is 2.05. The van der Waals surface area contributed by atoms with Crippen molar-refractivity contribution in [2.45, 2.75) is 46.8 Å². The van der Waals surface area contributed by atoms with E-state index < -0.39 is 0 Å². The minimum Gasteiger partial charge on any atom is -0.351 e. The Bertz CT molecular complexity index is 263. The van der Waals surface area contributed by atoms with Gasteiger partial charge in [0, 0.05) is 31.0 Å². The topological polar surface area (TPSA) is 17.0 Å². The van der Waals surface area contributed by atoms with Gasteiger partial charge in [0.1, 0.15) is 0 Å². The van der Waals surface area contributed by atoms with Crippen LogP contribution in [-0.2, 0) is 13.1 Å². The molecule has 0 saturated carbocycles. The molecule has 1 N–H and O–H groups in total. The van der Waals surface area contributed by atoms with Crippen molar-refractivity contribution in [1.82, 2.24) is 9.88 Å². The van der Waals surface area contributed by atoms with Crippen LogP contribution in [0.25, 0.3) is 0 Å². The highest BCUT2D eigenvalue weighted by Gasteiger charge is 2.06. The maximum atomic E-state index is 3.54. The van der Waals surface area contributed by atoms with Crippen molar-refractivity contribution >= 4 is 0 Å². The van der Waals surface area contributed by atoms with Crippen molar-refractivity contribution < 1.29 is 0 Å². The van der Waals surface area contributed by atoms with Crippen LogP contribution in [0.15, 0.2) is 18.3 Å². The summed E-state index contributed by atoms with van der Waals surface area (Å²) in [6.45, 7) is 10.9.